The molecule has 1 aromatic carbocycles. The van der Waals surface area contributed by atoms with E-state index >= 15 is 0 Å². The van der Waals surface area contributed by atoms with Crippen molar-refractivity contribution in [2.45, 2.75) is 6.42 Å². The Morgan fingerprint density at radius 1 is 1.59 bits per heavy atom. The summed E-state index contributed by atoms with van der Waals surface area (Å²) >= 11 is 0. The predicted molar refractivity (Wildman–Crippen MR) is 77.2 cm³/mol. The van der Waals surface area contributed by atoms with E-state index in [1.165, 1.54) is 6.07 Å². The second-order valence-corrected chi connectivity index (χ2v) is 5.21. The molecule has 1 aromatic rings. The fraction of sp³-hybridized carbons (Fsp3) is 0.500. The average molecular weight is 311 g/mol. The van der Waals surface area contributed by atoms with Crippen LogP contribution in [0.4, 0.5) is 10.1 Å². The van der Waals surface area contributed by atoms with Gasteiger partial charge >= 0.3 is 5.69 Å². The summed E-state index contributed by atoms with van der Waals surface area (Å²) in [5.74, 6) is -0.615. The summed E-state index contributed by atoms with van der Waals surface area (Å²) in [5.41, 5.74) is -0.617. The van der Waals surface area contributed by atoms with Crippen molar-refractivity contribution in [1.29, 1.82) is 0 Å². The molecule has 1 amide bonds. The zero-order valence-corrected chi connectivity index (χ0v) is 12.3. The number of nitrogens with one attached hydrogen (secondary N) is 1. The van der Waals surface area contributed by atoms with Gasteiger partial charge in [0.2, 0.25) is 5.82 Å². The molecule has 0 saturated carbocycles. The quantitative estimate of drug-likeness (QED) is 0.630. The van der Waals surface area contributed by atoms with E-state index in [9.17, 15) is 19.3 Å². The predicted octanol–water partition coefficient (Wildman–Crippen LogP) is 1.18. The van der Waals surface area contributed by atoms with Gasteiger partial charge in [-0.3, -0.25) is 14.9 Å². The second kappa shape index (κ2) is 7.17. The molecule has 8 heteroatoms. The van der Waals surface area contributed by atoms with Gasteiger partial charge < -0.3 is 15.0 Å². The molecule has 0 aliphatic carbocycles. The van der Waals surface area contributed by atoms with Gasteiger partial charge in [0.05, 0.1) is 4.92 Å². The number of rotatable bonds is 6. The van der Waals surface area contributed by atoms with Crippen molar-refractivity contribution >= 4 is 11.6 Å². The van der Waals surface area contributed by atoms with Crippen molar-refractivity contribution in [3.8, 4) is 5.75 Å². The highest BCUT2D eigenvalue weighted by atomic mass is 19.1. The Kier molecular flexibility index (Phi) is 5.26. The van der Waals surface area contributed by atoms with Crippen LogP contribution < -0.4 is 10.1 Å². The van der Waals surface area contributed by atoms with Gasteiger partial charge in [0.1, 0.15) is 5.75 Å². The molecular formula is C14H18FN3O4. The fourth-order valence-corrected chi connectivity index (χ4v) is 2.48. The Morgan fingerprint density at radius 2 is 2.36 bits per heavy atom. The molecule has 1 saturated heterocycles. The molecule has 0 aromatic heterocycles. The van der Waals surface area contributed by atoms with Crippen LogP contribution in [0.2, 0.25) is 0 Å². The first kappa shape index (κ1) is 16.2. The Labute approximate surface area is 127 Å². The minimum atomic E-state index is -0.981. The van der Waals surface area contributed by atoms with Crippen molar-refractivity contribution in [2.24, 2.45) is 5.92 Å². The number of hydrogen-bond acceptors (Lipinski definition) is 5. The minimum absolute atomic E-state index is 0.0995. The molecule has 22 heavy (non-hydrogen) atoms. The van der Waals surface area contributed by atoms with Crippen LogP contribution in [-0.2, 0) is 4.79 Å². The molecule has 1 fully saturated rings. The Morgan fingerprint density at radius 3 is 3.00 bits per heavy atom. The third-order valence-electron chi connectivity index (χ3n) is 3.61. The molecule has 0 bridgehead atoms. The Hall–Kier alpha value is -2.22. The van der Waals surface area contributed by atoms with Crippen molar-refractivity contribution in [3.05, 3.63) is 34.1 Å². The summed E-state index contributed by atoms with van der Waals surface area (Å²) in [6.07, 6.45) is 0.943. The maximum absolute atomic E-state index is 13.4. The number of nitro benzene ring substituents is 1. The lowest BCUT2D eigenvalue weighted by atomic mass is 10.1. The van der Waals surface area contributed by atoms with E-state index < -0.39 is 16.4 Å². The van der Waals surface area contributed by atoms with E-state index in [2.05, 4.69) is 5.32 Å². The summed E-state index contributed by atoms with van der Waals surface area (Å²) < 4.78 is 18.7. The van der Waals surface area contributed by atoms with Gasteiger partial charge in [-0.1, -0.05) is 0 Å². The molecule has 0 spiro atoms. The molecule has 1 aliphatic heterocycles. The average Bonchev–Trinajstić information content (AvgIpc) is 2.93. The van der Waals surface area contributed by atoms with E-state index in [-0.39, 0.29) is 18.3 Å². The lowest BCUT2D eigenvalue weighted by Crippen LogP contribution is -2.34. The first-order chi connectivity index (χ1) is 10.5. The number of benzene rings is 1. The number of ether oxygens (including phenoxy) is 1. The molecule has 1 unspecified atom stereocenters. The standard InChI is InChI=1S/C14H18FN3O4/c1-16-7-10-4-5-17(8-10)14(19)9-22-11-2-3-13(18(20)21)12(15)6-11/h2-3,6,10,16H,4-5,7-9H2,1H3. The van der Waals surface area contributed by atoms with E-state index in [4.69, 9.17) is 4.74 Å². The first-order valence-electron chi connectivity index (χ1n) is 7.00. The topological polar surface area (TPSA) is 84.7 Å². The summed E-state index contributed by atoms with van der Waals surface area (Å²) in [5, 5.41) is 13.6. The van der Waals surface area contributed by atoms with E-state index in [0.717, 1.165) is 25.1 Å². The summed E-state index contributed by atoms with van der Waals surface area (Å²) in [7, 11) is 1.87. The zero-order chi connectivity index (χ0) is 16.1. The van der Waals surface area contributed by atoms with Crippen molar-refractivity contribution in [3.63, 3.8) is 0 Å². The highest BCUT2D eigenvalue weighted by Gasteiger charge is 2.26. The maximum Gasteiger partial charge on any atom is 0.305 e. The van der Waals surface area contributed by atoms with Crippen LogP contribution >= 0.6 is 0 Å². The van der Waals surface area contributed by atoms with Crippen LogP contribution in [0.5, 0.6) is 5.75 Å². The van der Waals surface area contributed by atoms with Crippen LogP contribution in [0.3, 0.4) is 0 Å². The van der Waals surface area contributed by atoms with E-state index in [0.29, 0.717) is 19.0 Å². The van der Waals surface area contributed by atoms with Crippen molar-refractivity contribution < 1.29 is 18.8 Å². The van der Waals surface area contributed by atoms with Gasteiger partial charge in [-0.2, -0.15) is 4.39 Å². The van der Waals surface area contributed by atoms with E-state index in [1.807, 2.05) is 7.05 Å². The largest absolute Gasteiger partial charge is 0.484 e. The van der Waals surface area contributed by atoms with Gasteiger partial charge in [-0.15, -0.1) is 0 Å². The molecule has 120 valence electrons. The lowest BCUT2D eigenvalue weighted by molar-refractivity contribution is -0.387. The summed E-state index contributed by atoms with van der Waals surface area (Å²) in [6.45, 7) is 2.02. The molecule has 1 aliphatic rings. The van der Waals surface area contributed by atoms with Gasteiger partial charge in [-0.25, -0.2) is 0 Å². The third kappa shape index (κ3) is 3.91. The van der Waals surface area contributed by atoms with Gasteiger partial charge in [0, 0.05) is 25.2 Å². The molecule has 1 heterocycles. The molecule has 0 radical (unpaired) electrons. The monoisotopic (exact) mass is 311 g/mol. The molecule has 2 rings (SSSR count). The van der Waals surface area contributed by atoms with Crippen LogP contribution in [0.25, 0.3) is 0 Å². The molecular weight excluding hydrogens is 293 g/mol. The highest BCUT2D eigenvalue weighted by molar-refractivity contribution is 5.78. The zero-order valence-electron chi connectivity index (χ0n) is 12.3. The van der Waals surface area contributed by atoms with Crippen LogP contribution in [0.15, 0.2) is 18.2 Å². The number of hydrogen-bond donors (Lipinski definition) is 1. The second-order valence-electron chi connectivity index (χ2n) is 5.21. The molecule has 1 N–H and O–H groups in total. The summed E-state index contributed by atoms with van der Waals surface area (Å²) in [6, 6.07) is 3.22. The van der Waals surface area contributed by atoms with Crippen LogP contribution in [0, 0.1) is 21.8 Å². The van der Waals surface area contributed by atoms with Gasteiger partial charge in [0.25, 0.3) is 5.91 Å². The number of halogens is 1. The summed E-state index contributed by atoms with van der Waals surface area (Å²) in [4.78, 5) is 23.4. The van der Waals surface area contributed by atoms with Crippen molar-refractivity contribution in [1.82, 2.24) is 10.2 Å². The number of carbonyl (C=O) groups is 1. The fourth-order valence-electron chi connectivity index (χ4n) is 2.48. The Bertz CT molecular complexity index is 567. The number of likely N-dealkylation sites (tertiary alicyclic amines) is 1. The normalized spacial score (nSPS) is 17.5. The van der Waals surface area contributed by atoms with E-state index in [1.54, 1.807) is 4.90 Å². The van der Waals surface area contributed by atoms with Crippen LogP contribution in [0.1, 0.15) is 6.42 Å². The number of amides is 1. The maximum atomic E-state index is 13.4. The minimum Gasteiger partial charge on any atom is -0.484 e. The highest BCUT2D eigenvalue weighted by Crippen LogP contribution is 2.22. The number of carbonyl (C=O) groups excluding carboxylic acids is 1. The third-order valence-corrected chi connectivity index (χ3v) is 3.61. The smallest absolute Gasteiger partial charge is 0.305 e. The van der Waals surface area contributed by atoms with Crippen LogP contribution in [-0.4, -0.2) is 49.0 Å². The SMILES string of the molecule is CNCC1CCN(C(=O)COc2ccc([N+](=O)[O-])c(F)c2)C1. The first-order valence-corrected chi connectivity index (χ1v) is 7.00. The van der Waals surface area contributed by atoms with Gasteiger partial charge in [-0.05, 0) is 32.0 Å². The van der Waals surface area contributed by atoms with Crippen molar-refractivity contribution in [2.75, 3.05) is 33.3 Å². The molecule has 7 nitrogen and oxygen atoms in total. The Balaban J connectivity index is 1.86. The molecule has 1 atom stereocenters. The number of nitrogens with zero attached hydrogens (tertiary/aromatic N) is 2. The number of nitro groups is 1. The van der Waals surface area contributed by atoms with Gasteiger partial charge in [0.15, 0.2) is 6.61 Å². The lowest BCUT2D eigenvalue weighted by Gasteiger charge is -2.17.